The molecule has 2 aromatic rings. The van der Waals surface area contributed by atoms with Gasteiger partial charge >= 0.3 is 0 Å². The molecule has 0 radical (unpaired) electrons. The largest absolute Gasteiger partial charge is 0.330 e. The van der Waals surface area contributed by atoms with E-state index in [1.807, 2.05) is 30.3 Å². The van der Waals surface area contributed by atoms with Crippen molar-refractivity contribution < 1.29 is 12.8 Å². The minimum atomic E-state index is -3.66. The Morgan fingerprint density at radius 1 is 1.16 bits per heavy atom. The molecule has 1 heterocycles. The molecule has 136 valence electrons. The van der Waals surface area contributed by atoms with E-state index < -0.39 is 15.8 Å². The summed E-state index contributed by atoms with van der Waals surface area (Å²) < 4.78 is 40.7. The molecule has 0 unspecified atom stereocenters. The van der Waals surface area contributed by atoms with Gasteiger partial charge in [0.1, 0.15) is 5.82 Å². The van der Waals surface area contributed by atoms with E-state index in [2.05, 4.69) is 0 Å². The molecule has 0 aromatic heterocycles. The molecule has 0 aliphatic carbocycles. The number of nitrogens with two attached hydrogens (primary N) is 1. The van der Waals surface area contributed by atoms with Crippen LogP contribution >= 0.6 is 12.4 Å². The monoisotopic (exact) mass is 384 g/mol. The van der Waals surface area contributed by atoms with Gasteiger partial charge in [-0.3, -0.25) is 0 Å². The van der Waals surface area contributed by atoms with Crippen molar-refractivity contribution in [2.45, 2.75) is 17.7 Å². The van der Waals surface area contributed by atoms with Gasteiger partial charge in [0.15, 0.2) is 0 Å². The minimum Gasteiger partial charge on any atom is -0.330 e. The first-order chi connectivity index (χ1) is 11.4. The highest BCUT2D eigenvalue weighted by molar-refractivity contribution is 7.89. The van der Waals surface area contributed by atoms with Gasteiger partial charge in [-0.05, 0) is 48.7 Å². The minimum absolute atomic E-state index is 0. The van der Waals surface area contributed by atoms with Crippen LogP contribution in [-0.2, 0) is 10.0 Å². The maximum atomic E-state index is 13.3. The first-order valence-corrected chi connectivity index (χ1v) is 9.39. The van der Waals surface area contributed by atoms with Crippen molar-refractivity contribution in [2.75, 3.05) is 19.6 Å². The lowest BCUT2D eigenvalue weighted by atomic mass is 9.89. The van der Waals surface area contributed by atoms with E-state index >= 15 is 0 Å². The zero-order valence-electron chi connectivity index (χ0n) is 13.9. The average Bonchev–Trinajstić information content (AvgIpc) is 3.00. The lowest BCUT2D eigenvalue weighted by Gasteiger charge is -2.18. The van der Waals surface area contributed by atoms with E-state index in [-0.39, 0.29) is 29.1 Å². The molecular formula is C18H22ClFN2O2S. The SMILES string of the molecule is Cc1cc(F)ccc1S(=O)(=O)N1C[C@@H](CN)[C@H](c2ccccc2)C1.Cl. The summed E-state index contributed by atoms with van der Waals surface area (Å²) in [7, 11) is -3.66. The average molecular weight is 385 g/mol. The second kappa shape index (κ2) is 7.83. The number of benzene rings is 2. The molecule has 1 aliphatic heterocycles. The predicted octanol–water partition coefficient (Wildman–Crippen LogP) is 2.92. The molecule has 2 atom stereocenters. The van der Waals surface area contributed by atoms with Crippen LogP contribution in [0.3, 0.4) is 0 Å². The molecule has 0 saturated carbocycles. The number of rotatable bonds is 4. The molecule has 3 rings (SSSR count). The highest BCUT2D eigenvalue weighted by Gasteiger charge is 2.39. The van der Waals surface area contributed by atoms with Crippen LogP contribution in [-0.4, -0.2) is 32.4 Å². The molecule has 4 nitrogen and oxygen atoms in total. The van der Waals surface area contributed by atoms with Gasteiger partial charge < -0.3 is 5.73 Å². The summed E-state index contributed by atoms with van der Waals surface area (Å²) in [5.74, 6) is -0.287. The molecule has 1 aliphatic rings. The lowest BCUT2D eigenvalue weighted by Crippen LogP contribution is -2.30. The number of halogens is 2. The van der Waals surface area contributed by atoms with Gasteiger partial charge in [-0.1, -0.05) is 30.3 Å². The van der Waals surface area contributed by atoms with Gasteiger partial charge in [0.2, 0.25) is 10.0 Å². The molecule has 2 aromatic carbocycles. The lowest BCUT2D eigenvalue weighted by molar-refractivity contribution is 0.458. The van der Waals surface area contributed by atoms with Crippen LogP contribution in [0.5, 0.6) is 0 Å². The molecule has 0 spiro atoms. The Kier molecular flexibility index (Phi) is 6.21. The summed E-state index contributed by atoms with van der Waals surface area (Å²) in [6, 6.07) is 13.6. The molecule has 25 heavy (non-hydrogen) atoms. The summed E-state index contributed by atoms with van der Waals surface area (Å²) in [5.41, 5.74) is 7.40. The van der Waals surface area contributed by atoms with E-state index in [1.165, 1.54) is 22.5 Å². The van der Waals surface area contributed by atoms with E-state index in [9.17, 15) is 12.8 Å². The van der Waals surface area contributed by atoms with E-state index in [0.717, 1.165) is 5.56 Å². The van der Waals surface area contributed by atoms with Crippen molar-refractivity contribution in [1.29, 1.82) is 0 Å². The molecule has 0 bridgehead atoms. The van der Waals surface area contributed by atoms with E-state index in [1.54, 1.807) is 6.92 Å². The Balaban J connectivity index is 0.00000225. The van der Waals surface area contributed by atoms with Crippen molar-refractivity contribution in [3.63, 3.8) is 0 Å². The fraction of sp³-hybridized carbons (Fsp3) is 0.333. The summed E-state index contributed by atoms with van der Waals surface area (Å²) in [6.45, 7) is 2.81. The number of hydrogen-bond acceptors (Lipinski definition) is 3. The second-order valence-corrected chi connectivity index (χ2v) is 8.15. The summed E-state index contributed by atoms with van der Waals surface area (Å²) in [5, 5.41) is 0. The van der Waals surface area contributed by atoms with Crippen molar-refractivity contribution in [3.8, 4) is 0 Å². The van der Waals surface area contributed by atoms with Crippen molar-refractivity contribution >= 4 is 22.4 Å². The van der Waals surface area contributed by atoms with Crippen LogP contribution in [0.15, 0.2) is 53.4 Å². The number of aryl methyl sites for hydroxylation is 1. The van der Waals surface area contributed by atoms with Crippen LogP contribution in [0.1, 0.15) is 17.0 Å². The van der Waals surface area contributed by atoms with Crippen LogP contribution in [0.2, 0.25) is 0 Å². The maximum Gasteiger partial charge on any atom is 0.243 e. The quantitative estimate of drug-likeness (QED) is 0.881. The molecule has 0 amide bonds. The van der Waals surface area contributed by atoms with Crippen LogP contribution in [0, 0.1) is 18.7 Å². The third-order valence-electron chi connectivity index (χ3n) is 4.69. The Morgan fingerprint density at radius 2 is 1.84 bits per heavy atom. The Labute approximate surface area is 154 Å². The molecule has 2 N–H and O–H groups in total. The zero-order valence-corrected chi connectivity index (χ0v) is 15.6. The molecule has 1 saturated heterocycles. The van der Waals surface area contributed by atoms with E-state index in [0.29, 0.717) is 25.2 Å². The Morgan fingerprint density at radius 3 is 2.44 bits per heavy atom. The topological polar surface area (TPSA) is 63.4 Å². The Hall–Kier alpha value is -1.47. The van der Waals surface area contributed by atoms with Gasteiger partial charge in [0, 0.05) is 19.0 Å². The molecule has 1 fully saturated rings. The highest BCUT2D eigenvalue weighted by Crippen LogP contribution is 2.35. The number of sulfonamides is 1. The fourth-order valence-corrected chi connectivity index (χ4v) is 5.11. The van der Waals surface area contributed by atoms with E-state index in [4.69, 9.17) is 5.73 Å². The van der Waals surface area contributed by atoms with Gasteiger partial charge in [-0.2, -0.15) is 4.31 Å². The smallest absolute Gasteiger partial charge is 0.243 e. The van der Waals surface area contributed by atoms with Crippen molar-refractivity contribution in [3.05, 3.63) is 65.5 Å². The normalized spacial score (nSPS) is 21.1. The summed E-state index contributed by atoms with van der Waals surface area (Å²) >= 11 is 0. The maximum absolute atomic E-state index is 13.3. The standard InChI is InChI=1S/C18H21FN2O2S.ClH/c1-13-9-16(19)7-8-18(13)24(22,23)21-11-15(10-20)17(12-21)14-5-3-2-4-6-14;/h2-9,15,17H,10-12,20H2,1H3;1H/t15-,17+;/m1./s1. The first kappa shape index (κ1) is 19.8. The fourth-order valence-electron chi connectivity index (χ4n) is 3.39. The van der Waals surface area contributed by atoms with Gasteiger partial charge in [-0.15, -0.1) is 12.4 Å². The third kappa shape index (κ3) is 3.87. The second-order valence-electron chi connectivity index (χ2n) is 6.24. The zero-order chi connectivity index (χ0) is 17.3. The number of hydrogen-bond donors (Lipinski definition) is 1. The van der Waals surface area contributed by atoms with Crippen LogP contribution in [0.25, 0.3) is 0 Å². The van der Waals surface area contributed by atoms with Crippen molar-refractivity contribution in [2.24, 2.45) is 11.7 Å². The van der Waals surface area contributed by atoms with Crippen molar-refractivity contribution in [1.82, 2.24) is 4.31 Å². The Bertz CT molecular complexity index is 830. The highest BCUT2D eigenvalue weighted by atomic mass is 35.5. The van der Waals surface area contributed by atoms with Crippen LogP contribution < -0.4 is 5.73 Å². The summed E-state index contributed by atoms with van der Waals surface area (Å²) in [6.07, 6.45) is 0. The van der Waals surface area contributed by atoms with Gasteiger partial charge in [0.25, 0.3) is 0 Å². The third-order valence-corrected chi connectivity index (χ3v) is 6.68. The van der Waals surface area contributed by atoms with Crippen LogP contribution in [0.4, 0.5) is 4.39 Å². The van der Waals surface area contributed by atoms with Gasteiger partial charge in [-0.25, -0.2) is 12.8 Å². The van der Waals surface area contributed by atoms with Gasteiger partial charge in [0.05, 0.1) is 4.90 Å². The number of nitrogens with zero attached hydrogens (tertiary/aromatic N) is 1. The summed E-state index contributed by atoms with van der Waals surface area (Å²) in [4.78, 5) is 0.161. The molecular weight excluding hydrogens is 363 g/mol. The first-order valence-electron chi connectivity index (χ1n) is 7.95. The molecule has 7 heteroatoms. The predicted molar refractivity (Wildman–Crippen MR) is 98.9 cm³/mol.